The zero-order valence-electron chi connectivity index (χ0n) is 9.67. The minimum absolute atomic E-state index is 0.0794. The lowest BCUT2D eigenvalue weighted by Gasteiger charge is -2.33. The second kappa shape index (κ2) is 4.73. The van der Waals surface area contributed by atoms with Crippen LogP contribution in [0.2, 0.25) is 0 Å². The van der Waals surface area contributed by atoms with Crippen LogP contribution < -0.4 is 5.32 Å². The largest absolute Gasteiger partial charge is 0.351 e. The van der Waals surface area contributed by atoms with Gasteiger partial charge in [0.25, 0.3) is 0 Å². The number of nitrogens with one attached hydrogen (secondary N) is 1. The molecule has 0 radical (unpaired) electrons. The summed E-state index contributed by atoms with van der Waals surface area (Å²) in [5.74, 6) is -1.53. The van der Waals surface area contributed by atoms with E-state index in [-0.39, 0.29) is 12.1 Å². The quantitative estimate of drug-likeness (QED) is 0.894. The van der Waals surface area contributed by atoms with Crippen molar-refractivity contribution in [3.63, 3.8) is 0 Å². The molecule has 0 aromatic heterocycles. The lowest BCUT2D eigenvalue weighted by molar-refractivity contribution is -0.131. The Bertz CT molecular complexity index is 518. The minimum Gasteiger partial charge on any atom is -0.351 e. The molecule has 1 N–H and O–H groups in total. The number of halogens is 2. The fourth-order valence-corrected chi connectivity index (χ4v) is 1.94. The van der Waals surface area contributed by atoms with Gasteiger partial charge in [-0.05, 0) is 37.5 Å². The highest BCUT2D eigenvalue weighted by Crippen LogP contribution is 2.40. The molecule has 1 aliphatic rings. The Labute approximate surface area is 103 Å². The molecule has 1 saturated carbocycles. The van der Waals surface area contributed by atoms with Gasteiger partial charge >= 0.3 is 0 Å². The highest BCUT2D eigenvalue weighted by molar-refractivity contribution is 5.86. The van der Waals surface area contributed by atoms with Gasteiger partial charge < -0.3 is 5.32 Å². The minimum atomic E-state index is -0.968. The normalized spacial score (nSPS) is 16.5. The molecule has 1 aromatic rings. The topological polar surface area (TPSA) is 52.9 Å². The SMILES string of the molecule is N#CC1(C(=O)NCc2cc(F)ccc2F)CCC1. The number of hydrogen-bond acceptors (Lipinski definition) is 2. The van der Waals surface area contributed by atoms with Gasteiger partial charge in [0, 0.05) is 12.1 Å². The van der Waals surface area contributed by atoms with Gasteiger partial charge in [0.15, 0.2) is 0 Å². The van der Waals surface area contributed by atoms with Crippen molar-refractivity contribution < 1.29 is 13.6 Å². The first-order chi connectivity index (χ1) is 8.57. The van der Waals surface area contributed by atoms with Crippen LogP contribution in [0.15, 0.2) is 18.2 Å². The zero-order chi connectivity index (χ0) is 13.2. The van der Waals surface area contributed by atoms with Gasteiger partial charge in [-0.2, -0.15) is 5.26 Å². The summed E-state index contributed by atoms with van der Waals surface area (Å²) in [7, 11) is 0. The number of nitrogens with zero attached hydrogens (tertiary/aromatic N) is 1. The van der Waals surface area contributed by atoms with E-state index in [1.807, 2.05) is 6.07 Å². The van der Waals surface area contributed by atoms with Crippen LogP contribution in [0.25, 0.3) is 0 Å². The Hall–Kier alpha value is -1.96. The van der Waals surface area contributed by atoms with Crippen LogP contribution in [-0.4, -0.2) is 5.91 Å². The van der Waals surface area contributed by atoms with Gasteiger partial charge in [-0.3, -0.25) is 4.79 Å². The molecule has 0 heterocycles. The van der Waals surface area contributed by atoms with Gasteiger partial charge in [0.05, 0.1) is 6.07 Å². The molecule has 0 spiro atoms. The van der Waals surface area contributed by atoms with E-state index in [1.54, 1.807) is 0 Å². The second-order valence-electron chi connectivity index (χ2n) is 4.47. The molecule has 1 aliphatic carbocycles. The predicted molar refractivity (Wildman–Crippen MR) is 60.1 cm³/mol. The summed E-state index contributed by atoms with van der Waals surface area (Å²) in [6.07, 6.45) is 1.90. The Morgan fingerprint density at radius 1 is 1.44 bits per heavy atom. The van der Waals surface area contributed by atoms with Crippen molar-refractivity contribution in [3.05, 3.63) is 35.4 Å². The first kappa shape index (κ1) is 12.5. The lowest BCUT2D eigenvalue weighted by Crippen LogP contribution is -2.44. The molecule has 3 nitrogen and oxygen atoms in total. The van der Waals surface area contributed by atoms with Crippen LogP contribution in [0.1, 0.15) is 24.8 Å². The molecule has 1 amide bonds. The van der Waals surface area contributed by atoms with Gasteiger partial charge in [-0.1, -0.05) is 0 Å². The molecule has 1 fully saturated rings. The number of carbonyl (C=O) groups is 1. The van der Waals surface area contributed by atoms with Crippen LogP contribution >= 0.6 is 0 Å². The van der Waals surface area contributed by atoms with Crippen LogP contribution in [-0.2, 0) is 11.3 Å². The number of nitriles is 1. The number of benzene rings is 1. The van der Waals surface area contributed by atoms with E-state index in [2.05, 4.69) is 5.32 Å². The first-order valence-electron chi connectivity index (χ1n) is 5.71. The summed E-state index contributed by atoms with van der Waals surface area (Å²) in [5, 5.41) is 11.5. The van der Waals surface area contributed by atoms with E-state index in [0.717, 1.165) is 24.6 Å². The van der Waals surface area contributed by atoms with E-state index in [1.165, 1.54) is 0 Å². The lowest BCUT2D eigenvalue weighted by atomic mass is 9.69. The fraction of sp³-hybridized carbons (Fsp3) is 0.385. The van der Waals surface area contributed by atoms with Gasteiger partial charge in [-0.15, -0.1) is 0 Å². The molecule has 5 heteroatoms. The summed E-state index contributed by atoms with van der Waals surface area (Å²) < 4.78 is 26.2. The van der Waals surface area contributed by atoms with E-state index < -0.39 is 23.0 Å². The third-order valence-electron chi connectivity index (χ3n) is 3.30. The number of carbonyl (C=O) groups excluding carboxylic acids is 1. The van der Waals surface area contributed by atoms with Gasteiger partial charge in [0.1, 0.15) is 17.0 Å². The monoisotopic (exact) mass is 250 g/mol. The van der Waals surface area contributed by atoms with Crippen molar-refractivity contribution in [3.8, 4) is 6.07 Å². The van der Waals surface area contributed by atoms with Crippen molar-refractivity contribution in [2.45, 2.75) is 25.8 Å². The van der Waals surface area contributed by atoms with Gasteiger partial charge in [0.2, 0.25) is 5.91 Å². The third-order valence-corrected chi connectivity index (χ3v) is 3.30. The first-order valence-corrected chi connectivity index (χ1v) is 5.71. The summed E-state index contributed by atoms with van der Waals surface area (Å²) in [6, 6.07) is 5.07. The molecule has 0 aliphatic heterocycles. The van der Waals surface area contributed by atoms with E-state index in [0.29, 0.717) is 12.8 Å². The highest BCUT2D eigenvalue weighted by atomic mass is 19.1. The Morgan fingerprint density at radius 2 is 2.17 bits per heavy atom. The number of hydrogen-bond donors (Lipinski definition) is 1. The molecule has 94 valence electrons. The molecule has 2 rings (SSSR count). The predicted octanol–water partition coefficient (Wildman–Crippen LogP) is 2.27. The summed E-state index contributed by atoms with van der Waals surface area (Å²) >= 11 is 0. The maximum Gasteiger partial charge on any atom is 0.240 e. The average Bonchev–Trinajstić information content (AvgIpc) is 2.29. The Balaban J connectivity index is 2.02. The maximum atomic E-state index is 13.3. The van der Waals surface area contributed by atoms with Crippen LogP contribution in [0.5, 0.6) is 0 Å². The molecule has 18 heavy (non-hydrogen) atoms. The van der Waals surface area contributed by atoms with Crippen molar-refractivity contribution in [1.82, 2.24) is 5.32 Å². The van der Waals surface area contributed by atoms with Crippen LogP contribution in [0, 0.1) is 28.4 Å². The van der Waals surface area contributed by atoms with E-state index >= 15 is 0 Å². The fourth-order valence-electron chi connectivity index (χ4n) is 1.94. The smallest absolute Gasteiger partial charge is 0.240 e. The Kier molecular flexibility index (Phi) is 3.28. The molecule has 0 atom stereocenters. The average molecular weight is 250 g/mol. The summed E-state index contributed by atoms with van der Waals surface area (Å²) in [5.41, 5.74) is -0.889. The standard InChI is InChI=1S/C13H12F2N2O/c14-10-2-3-11(15)9(6-10)7-17-12(18)13(8-16)4-1-5-13/h2-3,6H,1,4-5,7H2,(H,17,18). The van der Waals surface area contributed by atoms with Crippen molar-refractivity contribution in [2.24, 2.45) is 5.41 Å². The van der Waals surface area contributed by atoms with E-state index in [4.69, 9.17) is 5.26 Å². The summed E-state index contributed by atoms with van der Waals surface area (Å²) in [6.45, 7) is -0.105. The van der Waals surface area contributed by atoms with E-state index in [9.17, 15) is 13.6 Å². The third kappa shape index (κ3) is 2.19. The molecular formula is C13H12F2N2O. The second-order valence-corrected chi connectivity index (χ2v) is 4.47. The van der Waals surface area contributed by atoms with Crippen LogP contribution in [0.4, 0.5) is 8.78 Å². The van der Waals surface area contributed by atoms with Crippen LogP contribution in [0.3, 0.4) is 0 Å². The zero-order valence-corrected chi connectivity index (χ0v) is 9.67. The summed E-state index contributed by atoms with van der Waals surface area (Å²) in [4.78, 5) is 11.8. The molecule has 0 bridgehead atoms. The highest BCUT2D eigenvalue weighted by Gasteiger charge is 2.44. The molecule has 0 saturated heterocycles. The molecule has 0 unspecified atom stereocenters. The molecule has 1 aromatic carbocycles. The Morgan fingerprint density at radius 3 is 2.72 bits per heavy atom. The maximum absolute atomic E-state index is 13.3. The molecular weight excluding hydrogens is 238 g/mol. The van der Waals surface area contributed by atoms with Crippen molar-refractivity contribution >= 4 is 5.91 Å². The van der Waals surface area contributed by atoms with Crippen molar-refractivity contribution in [2.75, 3.05) is 0 Å². The van der Waals surface area contributed by atoms with Crippen molar-refractivity contribution in [1.29, 1.82) is 5.26 Å². The van der Waals surface area contributed by atoms with Gasteiger partial charge in [-0.25, -0.2) is 8.78 Å². The number of amides is 1. The number of rotatable bonds is 3.